The summed E-state index contributed by atoms with van der Waals surface area (Å²) in [5.41, 5.74) is 0.402. The highest BCUT2D eigenvalue weighted by atomic mass is 16.3. The van der Waals surface area contributed by atoms with E-state index in [0.29, 0.717) is 30.8 Å². The van der Waals surface area contributed by atoms with E-state index in [1.807, 2.05) is 0 Å². The number of aldehydes is 2. The maximum Gasteiger partial charge on any atom is 0.157 e. The molecule has 1 aliphatic carbocycles. The Bertz CT molecular complexity index is 904. The molecular formula is C29H44O5. The summed E-state index contributed by atoms with van der Waals surface area (Å²) in [5.74, 6) is -0.805. The van der Waals surface area contributed by atoms with Crippen LogP contribution in [0.2, 0.25) is 0 Å². The number of rotatable bonds is 9. The van der Waals surface area contributed by atoms with Gasteiger partial charge in [-0.1, -0.05) is 67.5 Å². The number of phenolic OH excluding ortho intramolecular Hbond substituents is 3. The molecular weight excluding hydrogens is 428 g/mol. The standard InChI is InChI=1S/C29H44O5/c1-10-17(4)19-11-12-29(9,24(19)18(5)28(6,7)8)22(13-16(2)3)23-26(33)20(14-30)25(32)21(15-31)27(23)34/h14-16,18-19,22,24,32-34H,4,10-13H2,1-3,5-9H3/t18-,19?,22-,24+,29-/m1/s1. The van der Waals surface area contributed by atoms with E-state index in [2.05, 4.69) is 62.0 Å². The number of carbonyl (C=O) groups excluding carboxylic acids is 2. The van der Waals surface area contributed by atoms with Crippen LogP contribution in [-0.4, -0.2) is 27.9 Å². The average molecular weight is 473 g/mol. The van der Waals surface area contributed by atoms with Crippen LogP contribution in [0.4, 0.5) is 0 Å². The molecule has 5 heteroatoms. The van der Waals surface area contributed by atoms with Crippen LogP contribution in [0.1, 0.15) is 113 Å². The summed E-state index contributed by atoms with van der Waals surface area (Å²) >= 11 is 0. The maximum absolute atomic E-state index is 11.8. The number of aromatic hydroxyl groups is 3. The third-order valence-corrected chi connectivity index (χ3v) is 8.69. The van der Waals surface area contributed by atoms with Crippen molar-refractivity contribution in [1.82, 2.24) is 0 Å². The van der Waals surface area contributed by atoms with Crippen molar-refractivity contribution in [3.05, 3.63) is 28.8 Å². The van der Waals surface area contributed by atoms with E-state index in [1.54, 1.807) is 0 Å². The van der Waals surface area contributed by atoms with Gasteiger partial charge in [0.15, 0.2) is 12.6 Å². The van der Waals surface area contributed by atoms with Crippen molar-refractivity contribution in [2.45, 2.75) is 87.0 Å². The lowest BCUT2D eigenvalue weighted by Crippen LogP contribution is -2.41. The molecule has 190 valence electrons. The van der Waals surface area contributed by atoms with Crippen LogP contribution in [0.5, 0.6) is 17.2 Å². The highest BCUT2D eigenvalue weighted by Gasteiger charge is 2.55. The molecule has 0 saturated heterocycles. The molecule has 0 aliphatic heterocycles. The van der Waals surface area contributed by atoms with E-state index in [1.165, 1.54) is 5.57 Å². The largest absolute Gasteiger partial charge is 0.507 e. The number of hydrogen-bond donors (Lipinski definition) is 3. The number of benzene rings is 1. The summed E-state index contributed by atoms with van der Waals surface area (Å²) in [4.78, 5) is 23.6. The van der Waals surface area contributed by atoms with E-state index < -0.39 is 17.2 Å². The van der Waals surface area contributed by atoms with Gasteiger partial charge in [-0.2, -0.15) is 0 Å². The lowest BCUT2D eigenvalue weighted by atomic mass is 9.56. The normalized spacial score (nSPS) is 24.7. The van der Waals surface area contributed by atoms with E-state index in [0.717, 1.165) is 19.3 Å². The van der Waals surface area contributed by atoms with Crippen LogP contribution >= 0.6 is 0 Å². The summed E-state index contributed by atoms with van der Waals surface area (Å²) in [7, 11) is 0. The first kappa shape index (κ1) is 27.9. The fraction of sp³-hybridized carbons (Fsp3) is 0.655. The van der Waals surface area contributed by atoms with Crippen molar-refractivity contribution >= 4 is 12.6 Å². The fourth-order valence-electron chi connectivity index (χ4n) is 6.37. The summed E-state index contributed by atoms with van der Waals surface area (Å²) in [5, 5.41) is 32.7. The van der Waals surface area contributed by atoms with Gasteiger partial charge in [-0.05, 0) is 66.1 Å². The predicted octanol–water partition coefficient (Wildman–Crippen LogP) is 7.24. The zero-order valence-corrected chi connectivity index (χ0v) is 22.2. The van der Waals surface area contributed by atoms with Crippen LogP contribution < -0.4 is 0 Å². The minimum absolute atomic E-state index is 0.0197. The SMILES string of the molecule is C=C(CC)C1CC[C@](C)([C@H](CC(C)C)c2c(O)c(C=O)c(O)c(C=O)c2O)[C@H]1[C@@H](C)C(C)(C)C. The van der Waals surface area contributed by atoms with Crippen LogP contribution in [0.3, 0.4) is 0 Å². The van der Waals surface area contributed by atoms with E-state index in [9.17, 15) is 24.9 Å². The van der Waals surface area contributed by atoms with Gasteiger partial charge in [0.05, 0.1) is 11.1 Å². The zero-order chi connectivity index (χ0) is 26.2. The molecule has 1 saturated carbocycles. The minimum Gasteiger partial charge on any atom is -0.507 e. The first-order valence-electron chi connectivity index (χ1n) is 12.6. The minimum atomic E-state index is -0.680. The average Bonchev–Trinajstić information content (AvgIpc) is 3.09. The van der Waals surface area contributed by atoms with Gasteiger partial charge in [0, 0.05) is 5.56 Å². The lowest BCUT2D eigenvalue weighted by molar-refractivity contribution is 0.0400. The van der Waals surface area contributed by atoms with Gasteiger partial charge in [-0.25, -0.2) is 0 Å². The first-order chi connectivity index (χ1) is 15.7. The third kappa shape index (κ3) is 4.76. The van der Waals surface area contributed by atoms with Crippen LogP contribution in [0.25, 0.3) is 0 Å². The van der Waals surface area contributed by atoms with Crippen molar-refractivity contribution < 1.29 is 24.9 Å². The Morgan fingerprint density at radius 1 is 1.06 bits per heavy atom. The summed E-state index contributed by atoms with van der Waals surface area (Å²) in [6.07, 6.45) is 4.07. The highest BCUT2D eigenvalue weighted by Crippen LogP contribution is 2.64. The van der Waals surface area contributed by atoms with Crippen molar-refractivity contribution in [2.75, 3.05) is 0 Å². The topological polar surface area (TPSA) is 94.8 Å². The molecule has 0 amide bonds. The fourth-order valence-corrected chi connectivity index (χ4v) is 6.37. The summed E-state index contributed by atoms with van der Waals surface area (Å²) < 4.78 is 0. The monoisotopic (exact) mass is 472 g/mol. The van der Waals surface area contributed by atoms with Gasteiger partial charge >= 0.3 is 0 Å². The first-order valence-corrected chi connectivity index (χ1v) is 12.6. The second-order valence-corrected chi connectivity index (χ2v) is 12.0. The van der Waals surface area contributed by atoms with Gasteiger partial charge in [0.1, 0.15) is 17.2 Å². The Morgan fingerprint density at radius 3 is 1.94 bits per heavy atom. The van der Waals surface area contributed by atoms with Crippen molar-refractivity contribution in [1.29, 1.82) is 0 Å². The van der Waals surface area contributed by atoms with E-state index >= 15 is 0 Å². The van der Waals surface area contributed by atoms with Crippen molar-refractivity contribution in [3.8, 4) is 17.2 Å². The quantitative estimate of drug-likeness (QED) is 0.260. The van der Waals surface area contributed by atoms with Gasteiger partial charge in [-0.15, -0.1) is 0 Å². The molecule has 0 radical (unpaired) electrons. The Morgan fingerprint density at radius 2 is 1.56 bits per heavy atom. The molecule has 34 heavy (non-hydrogen) atoms. The second kappa shape index (κ2) is 10.1. The Balaban J connectivity index is 2.89. The van der Waals surface area contributed by atoms with Gasteiger partial charge in [-0.3, -0.25) is 9.59 Å². The van der Waals surface area contributed by atoms with Gasteiger partial charge in [0.25, 0.3) is 0 Å². The smallest absolute Gasteiger partial charge is 0.157 e. The van der Waals surface area contributed by atoms with Crippen LogP contribution in [-0.2, 0) is 0 Å². The number of phenols is 3. The Hall–Kier alpha value is -2.30. The van der Waals surface area contributed by atoms with E-state index in [4.69, 9.17) is 0 Å². The van der Waals surface area contributed by atoms with Crippen molar-refractivity contribution in [2.24, 2.45) is 34.5 Å². The highest BCUT2D eigenvalue weighted by molar-refractivity contribution is 5.95. The second-order valence-electron chi connectivity index (χ2n) is 12.0. The molecule has 1 fully saturated rings. The number of carbonyl (C=O) groups is 2. The molecule has 5 atom stereocenters. The molecule has 2 rings (SSSR count). The van der Waals surface area contributed by atoms with Crippen LogP contribution in [0, 0.1) is 34.5 Å². The summed E-state index contributed by atoms with van der Waals surface area (Å²) in [6, 6.07) is 0. The predicted molar refractivity (Wildman–Crippen MR) is 137 cm³/mol. The molecule has 0 bridgehead atoms. The molecule has 0 heterocycles. The Labute approximate surface area is 205 Å². The summed E-state index contributed by atoms with van der Waals surface area (Å²) in [6.45, 7) is 21.9. The molecule has 5 nitrogen and oxygen atoms in total. The molecule has 3 N–H and O–H groups in total. The zero-order valence-electron chi connectivity index (χ0n) is 22.2. The molecule has 1 aromatic rings. The lowest BCUT2D eigenvalue weighted by Gasteiger charge is -2.48. The van der Waals surface area contributed by atoms with E-state index in [-0.39, 0.29) is 45.3 Å². The van der Waals surface area contributed by atoms with Gasteiger partial charge in [0.2, 0.25) is 0 Å². The molecule has 0 spiro atoms. The van der Waals surface area contributed by atoms with Crippen LogP contribution in [0.15, 0.2) is 12.2 Å². The maximum atomic E-state index is 11.8. The molecule has 0 aromatic heterocycles. The molecule has 1 aromatic carbocycles. The van der Waals surface area contributed by atoms with Gasteiger partial charge < -0.3 is 15.3 Å². The van der Waals surface area contributed by atoms with Crippen molar-refractivity contribution in [3.63, 3.8) is 0 Å². The number of allylic oxidation sites excluding steroid dienone is 1. The number of hydrogen-bond acceptors (Lipinski definition) is 5. The molecule has 1 unspecified atom stereocenters. The third-order valence-electron chi connectivity index (χ3n) is 8.69. The molecule has 1 aliphatic rings. The Kier molecular flexibility index (Phi) is 8.33.